The third-order valence-electron chi connectivity index (χ3n) is 4.52. The van der Waals surface area contributed by atoms with Crippen molar-refractivity contribution in [2.75, 3.05) is 12.3 Å². The topological polar surface area (TPSA) is 223 Å². The molecule has 0 radical (unpaired) electrons. The van der Waals surface area contributed by atoms with Crippen LogP contribution in [0.1, 0.15) is 32.1 Å². The van der Waals surface area contributed by atoms with Crippen molar-refractivity contribution in [1.29, 1.82) is 0 Å². The molecule has 0 saturated carbocycles. The van der Waals surface area contributed by atoms with Crippen molar-refractivity contribution in [2.24, 2.45) is 11.5 Å². The number of nitrogens with one attached hydrogen (secondary N) is 4. The number of hydrogen-bond acceptors (Lipinski definition) is 8. The minimum absolute atomic E-state index is 0.0973. The van der Waals surface area contributed by atoms with E-state index in [1.54, 1.807) is 0 Å². The summed E-state index contributed by atoms with van der Waals surface area (Å²) in [7, 11) is 0. The van der Waals surface area contributed by atoms with Crippen molar-refractivity contribution < 1.29 is 33.9 Å². The Balaban J connectivity index is 2.82. The van der Waals surface area contributed by atoms with Gasteiger partial charge in [-0.25, -0.2) is 4.79 Å². The highest BCUT2D eigenvalue weighted by Gasteiger charge is 2.31. The minimum Gasteiger partial charge on any atom is -0.480 e. The van der Waals surface area contributed by atoms with Gasteiger partial charge in [-0.3, -0.25) is 24.0 Å². The fourth-order valence-corrected chi connectivity index (χ4v) is 3.13. The molecule has 1 heterocycles. The third kappa shape index (κ3) is 9.21. The lowest BCUT2D eigenvalue weighted by atomic mass is 10.1. The fourth-order valence-electron chi connectivity index (χ4n) is 2.88. The highest BCUT2D eigenvalue weighted by molar-refractivity contribution is 7.80. The average Bonchev–Trinajstić information content (AvgIpc) is 3.22. The smallest absolute Gasteiger partial charge is 0.326 e. The van der Waals surface area contributed by atoms with E-state index in [9.17, 15) is 28.8 Å². The van der Waals surface area contributed by atoms with E-state index in [-0.39, 0.29) is 18.6 Å². The monoisotopic (exact) mass is 460 g/mol. The lowest BCUT2D eigenvalue weighted by molar-refractivity contribution is -0.143. The zero-order chi connectivity index (χ0) is 23.6. The molecule has 0 aliphatic carbocycles. The molecule has 4 atom stereocenters. The molecule has 1 aliphatic rings. The van der Waals surface area contributed by atoms with Crippen molar-refractivity contribution >= 4 is 48.1 Å². The molecule has 0 aromatic heterocycles. The standard InChI is InChI=1S/C17H28N6O7S/c18-12(24)4-3-9(21-14(26)8-2-1-5-20-8)15(27)23-11(7-31)16(28)22-10(17(29)30)6-13(19)25/h8-11,20,31H,1-7H2,(H2,18,24)(H2,19,25)(H,21,26)(H,22,28)(H,23,27)(H,29,30). The Morgan fingerprint density at radius 3 is 2.06 bits per heavy atom. The zero-order valence-electron chi connectivity index (χ0n) is 16.8. The highest BCUT2D eigenvalue weighted by Crippen LogP contribution is 2.07. The van der Waals surface area contributed by atoms with Crippen molar-refractivity contribution in [3.8, 4) is 0 Å². The summed E-state index contributed by atoms with van der Waals surface area (Å²) < 4.78 is 0. The summed E-state index contributed by atoms with van der Waals surface area (Å²) in [6, 6.07) is -4.48. The lowest BCUT2D eigenvalue weighted by Crippen LogP contribution is -2.58. The van der Waals surface area contributed by atoms with Crippen LogP contribution in [0.5, 0.6) is 0 Å². The normalized spacial score (nSPS) is 18.3. The molecule has 1 fully saturated rings. The summed E-state index contributed by atoms with van der Waals surface area (Å²) in [4.78, 5) is 70.7. The van der Waals surface area contributed by atoms with Crippen LogP contribution in [0.4, 0.5) is 0 Å². The van der Waals surface area contributed by atoms with E-state index < -0.39 is 66.1 Å². The van der Waals surface area contributed by atoms with E-state index in [0.29, 0.717) is 13.0 Å². The summed E-state index contributed by atoms with van der Waals surface area (Å²) in [5.74, 6) is -5.41. The maximum absolute atomic E-state index is 12.7. The van der Waals surface area contributed by atoms with Gasteiger partial charge in [-0.05, 0) is 25.8 Å². The Labute approximate surface area is 183 Å². The second-order valence-corrected chi connectivity index (χ2v) is 7.39. The molecule has 0 bridgehead atoms. The van der Waals surface area contributed by atoms with Crippen LogP contribution in [-0.4, -0.2) is 77.1 Å². The number of carbonyl (C=O) groups excluding carboxylic acids is 5. The van der Waals surface area contributed by atoms with E-state index in [2.05, 4.69) is 33.9 Å². The molecule has 9 N–H and O–H groups in total. The maximum atomic E-state index is 12.7. The van der Waals surface area contributed by atoms with Gasteiger partial charge in [0.05, 0.1) is 12.5 Å². The molecule has 0 aromatic rings. The van der Waals surface area contributed by atoms with Gasteiger partial charge in [0.2, 0.25) is 29.5 Å². The van der Waals surface area contributed by atoms with Gasteiger partial charge < -0.3 is 37.8 Å². The summed E-state index contributed by atoms with van der Waals surface area (Å²) in [6.45, 7) is 0.661. The van der Waals surface area contributed by atoms with Crippen LogP contribution in [-0.2, 0) is 28.8 Å². The second kappa shape index (κ2) is 12.7. The van der Waals surface area contributed by atoms with Crippen LogP contribution in [0.3, 0.4) is 0 Å². The first-order valence-electron chi connectivity index (χ1n) is 9.59. The Morgan fingerprint density at radius 1 is 0.968 bits per heavy atom. The summed E-state index contributed by atoms with van der Waals surface area (Å²) in [5, 5.41) is 19.1. The first kappa shape index (κ1) is 26.2. The SMILES string of the molecule is NC(=O)CCC(NC(=O)C1CCCN1)C(=O)NC(CS)C(=O)NC(CC(N)=O)C(=O)O. The molecule has 5 amide bonds. The van der Waals surface area contributed by atoms with E-state index >= 15 is 0 Å². The van der Waals surface area contributed by atoms with Crippen molar-refractivity contribution in [3.63, 3.8) is 0 Å². The number of nitrogens with two attached hydrogens (primary N) is 2. The molecule has 14 heteroatoms. The molecule has 1 saturated heterocycles. The van der Waals surface area contributed by atoms with E-state index in [0.717, 1.165) is 6.42 Å². The van der Waals surface area contributed by atoms with Crippen molar-refractivity contribution in [1.82, 2.24) is 21.3 Å². The van der Waals surface area contributed by atoms with E-state index in [1.807, 2.05) is 0 Å². The van der Waals surface area contributed by atoms with Gasteiger partial charge in [-0.1, -0.05) is 0 Å². The molecule has 174 valence electrons. The molecule has 1 rings (SSSR count). The summed E-state index contributed by atoms with van der Waals surface area (Å²) >= 11 is 3.98. The molecule has 1 aliphatic heterocycles. The molecule has 0 aromatic carbocycles. The Kier molecular flexibility index (Phi) is 10.8. The number of thiol groups is 1. The second-order valence-electron chi connectivity index (χ2n) is 7.03. The summed E-state index contributed by atoms with van der Waals surface area (Å²) in [5.41, 5.74) is 10.1. The molecule has 13 nitrogen and oxygen atoms in total. The number of carboxylic acids is 1. The van der Waals surface area contributed by atoms with Gasteiger partial charge in [0.15, 0.2) is 0 Å². The van der Waals surface area contributed by atoms with Crippen molar-refractivity contribution in [2.45, 2.75) is 56.3 Å². The van der Waals surface area contributed by atoms with Crippen LogP contribution >= 0.6 is 12.6 Å². The number of carbonyl (C=O) groups is 6. The lowest BCUT2D eigenvalue weighted by Gasteiger charge is -2.24. The van der Waals surface area contributed by atoms with Gasteiger partial charge in [0.25, 0.3) is 0 Å². The largest absolute Gasteiger partial charge is 0.480 e. The predicted molar refractivity (Wildman–Crippen MR) is 111 cm³/mol. The maximum Gasteiger partial charge on any atom is 0.326 e. The van der Waals surface area contributed by atoms with Gasteiger partial charge in [0, 0.05) is 12.2 Å². The average molecular weight is 461 g/mol. The molecule has 0 spiro atoms. The molecule has 31 heavy (non-hydrogen) atoms. The first-order valence-corrected chi connectivity index (χ1v) is 10.2. The molecular formula is C17H28N6O7S. The van der Waals surface area contributed by atoms with Crippen LogP contribution in [0.25, 0.3) is 0 Å². The quantitative estimate of drug-likeness (QED) is 0.128. The van der Waals surface area contributed by atoms with E-state index in [4.69, 9.17) is 16.6 Å². The van der Waals surface area contributed by atoms with Crippen molar-refractivity contribution in [3.05, 3.63) is 0 Å². The highest BCUT2D eigenvalue weighted by atomic mass is 32.1. The number of rotatable bonds is 13. The minimum atomic E-state index is -1.58. The Bertz CT molecular complexity index is 713. The van der Waals surface area contributed by atoms with E-state index in [1.165, 1.54) is 0 Å². The van der Waals surface area contributed by atoms with Gasteiger partial charge >= 0.3 is 5.97 Å². The summed E-state index contributed by atoms with van der Waals surface area (Å²) in [6.07, 6.45) is 0.468. The van der Waals surface area contributed by atoms with Crippen LogP contribution < -0.4 is 32.7 Å². The number of hydrogen-bond donors (Lipinski definition) is 8. The van der Waals surface area contributed by atoms with Gasteiger partial charge in [-0.15, -0.1) is 0 Å². The number of aliphatic carboxylic acids is 1. The van der Waals surface area contributed by atoms with Crippen LogP contribution in [0.2, 0.25) is 0 Å². The first-order chi connectivity index (χ1) is 14.5. The number of primary amides is 2. The van der Waals surface area contributed by atoms with Crippen LogP contribution in [0.15, 0.2) is 0 Å². The zero-order valence-corrected chi connectivity index (χ0v) is 17.7. The van der Waals surface area contributed by atoms with Crippen LogP contribution in [0, 0.1) is 0 Å². The molecular weight excluding hydrogens is 432 g/mol. The Hall–Kier alpha value is -2.87. The predicted octanol–water partition coefficient (Wildman–Crippen LogP) is -3.65. The van der Waals surface area contributed by atoms with Gasteiger partial charge in [-0.2, -0.15) is 12.6 Å². The third-order valence-corrected chi connectivity index (χ3v) is 4.89. The fraction of sp³-hybridized carbons (Fsp3) is 0.647. The number of amides is 5. The number of carboxylic acid groups (broad SMARTS) is 1. The Morgan fingerprint density at radius 2 is 1.58 bits per heavy atom. The van der Waals surface area contributed by atoms with Gasteiger partial charge in [0.1, 0.15) is 18.1 Å². The molecule has 4 unspecified atom stereocenters.